The Morgan fingerprint density at radius 3 is 2.53 bits per heavy atom. The molecule has 0 saturated carbocycles. The highest BCUT2D eigenvalue weighted by molar-refractivity contribution is 7.99. The minimum Gasteiger partial charge on any atom is -0.389 e. The van der Waals surface area contributed by atoms with Gasteiger partial charge in [-0.25, -0.2) is 4.98 Å². The molecular weight excluding hydrogens is 278 g/mol. The second-order valence-electron chi connectivity index (χ2n) is 4.59. The number of aromatic nitrogens is 1. The number of benzene rings is 1. The van der Waals surface area contributed by atoms with Gasteiger partial charge < -0.3 is 5.11 Å². The van der Waals surface area contributed by atoms with Crippen molar-refractivity contribution in [1.82, 2.24) is 4.98 Å². The molecule has 19 heavy (non-hydrogen) atoms. The van der Waals surface area contributed by atoms with Crippen LogP contribution in [0.3, 0.4) is 0 Å². The van der Waals surface area contributed by atoms with E-state index in [1.807, 2.05) is 31.2 Å². The van der Waals surface area contributed by atoms with Crippen molar-refractivity contribution >= 4 is 23.4 Å². The van der Waals surface area contributed by atoms with E-state index in [2.05, 4.69) is 11.9 Å². The number of aliphatic hydroxyl groups excluding tert-OH is 1. The van der Waals surface area contributed by atoms with E-state index < -0.39 is 6.10 Å². The van der Waals surface area contributed by atoms with E-state index in [-0.39, 0.29) is 0 Å². The van der Waals surface area contributed by atoms with Crippen molar-refractivity contribution in [2.45, 2.75) is 36.8 Å². The van der Waals surface area contributed by atoms with Crippen molar-refractivity contribution in [2.24, 2.45) is 0 Å². The van der Waals surface area contributed by atoms with Gasteiger partial charge in [0, 0.05) is 10.6 Å². The molecule has 1 N–H and O–H groups in total. The summed E-state index contributed by atoms with van der Waals surface area (Å²) in [6, 6.07) is 9.70. The van der Waals surface area contributed by atoms with Crippen LogP contribution in [0, 0.1) is 13.8 Å². The lowest BCUT2D eigenvalue weighted by atomic mass is 10.1. The number of aliphatic hydroxyl groups is 1. The Bertz CT molecular complexity index is 578. The first-order chi connectivity index (χ1) is 8.95. The average molecular weight is 294 g/mol. The first kappa shape index (κ1) is 14.4. The van der Waals surface area contributed by atoms with Crippen molar-refractivity contribution in [3.05, 3.63) is 52.2 Å². The molecule has 2 rings (SSSR count). The smallest absolute Gasteiger partial charge is 0.101 e. The third-order valence-electron chi connectivity index (χ3n) is 2.73. The topological polar surface area (TPSA) is 33.1 Å². The van der Waals surface area contributed by atoms with E-state index in [0.717, 1.165) is 21.2 Å². The Kier molecular flexibility index (Phi) is 4.50. The molecule has 2 nitrogen and oxygen atoms in total. The molecule has 1 heterocycles. The monoisotopic (exact) mass is 293 g/mol. The molecule has 0 aliphatic carbocycles. The second-order valence-corrected chi connectivity index (χ2v) is 6.06. The van der Waals surface area contributed by atoms with Gasteiger partial charge >= 0.3 is 0 Å². The van der Waals surface area contributed by atoms with Gasteiger partial charge in [-0.3, -0.25) is 0 Å². The number of aryl methyl sites for hydroxylation is 2. The molecule has 100 valence electrons. The van der Waals surface area contributed by atoms with Gasteiger partial charge in [0.25, 0.3) is 0 Å². The van der Waals surface area contributed by atoms with Gasteiger partial charge in [-0.05, 0) is 56.2 Å². The lowest BCUT2D eigenvalue weighted by Gasteiger charge is -2.09. The summed E-state index contributed by atoms with van der Waals surface area (Å²) in [6.45, 7) is 5.76. The molecule has 0 fully saturated rings. The molecule has 0 spiro atoms. The van der Waals surface area contributed by atoms with Crippen molar-refractivity contribution in [2.75, 3.05) is 0 Å². The number of nitrogens with zero attached hydrogens (tertiary/aromatic N) is 1. The fraction of sp³-hybridized carbons (Fsp3) is 0.267. The molecule has 1 atom stereocenters. The highest BCUT2D eigenvalue weighted by Crippen LogP contribution is 2.34. The largest absolute Gasteiger partial charge is 0.389 e. The maximum Gasteiger partial charge on any atom is 0.101 e. The minimum atomic E-state index is -0.504. The Labute approximate surface area is 122 Å². The molecule has 0 saturated heterocycles. The van der Waals surface area contributed by atoms with Gasteiger partial charge in [0.2, 0.25) is 0 Å². The molecule has 0 amide bonds. The normalized spacial score (nSPS) is 12.5. The van der Waals surface area contributed by atoms with E-state index in [4.69, 9.17) is 11.6 Å². The summed E-state index contributed by atoms with van der Waals surface area (Å²) >= 11 is 7.78. The highest BCUT2D eigenvalue weighted by atomic mass is 35.5. The molecule has 0 bridgehead atoms. The van der Waals surface area contributed by atoms with Crippen LogP contribution in [0.1, 0.15) is 29.8 Å². The van der Waals surface area contributed by atoms with Gasteiger partial charge in [0.15, 0.2) is 0 Å². The summed E-state index contributed by atoms with van der Waals surface area (Å²) in [7, 11) is 0. The molecule has 1 aromatic heterocycles. The fourth-order valence-corrected chi connectivity index (χ4v) is 3.09. The maximum absolute atomic E-state index is 9.52. The predicted molar refractivity (Wildman–Crippen MR) is 79.9 cm³/mol. The Morgan fingerprint density at radius 2 is 1.95 bits per heavy atom. The minimum absolute atomic E-state index is 0.504. The number of halogens is 1. The Morgan fingerprint density at radius 1 is 1.21 bits per heavy atom. The van der Waals surface area contributed by atoms with Crippen LogP contribution in [-0.4, -0.2) is 10.1 Å². The molecule has 0 unspecified atom stereocenters. The molecule has 0 aliphatic heterocycles. The first-order valence-electron chi connectivity index (χ1n) is 6.06. The van der Waals surface area contributed by atoms with Gasteiger partial charge in [0.05, 0.1) is 11.1 Å². The van der Waals surface area contributed by atoms with Crippen LogP contribution in [0.4, 0.5) is 0 Å². The average Bonchev–Trinajstić information content (AvgIpc) is 2.30. The Balaban J connectivity index is 2.28. The van der Waals surface area contributed by atoms with Crippen LogP contribution in [0.5, 0.6) is 0 Å². The van der Waals surface area contributed by atoms with Crippen LogP contribution < -0.4 is 0 Å². The number of pyridine rings is 1. The van der Waals surface area contributed by atoms with Crippen LogP contribution in [0.2, 0.25) is 5.02 Å². The zero-order valence-electron chi connectivity index (χ0n) is 11.1. The summed E-state index contributed by atoms with van der Waals surface area (Å²) in [5.74, 6) is 0. The quantitative estimate of drug-likeness (QED) is 0.901. The second kappa shape index (κ2) is 5.95. The molecule has 0 aliphatic rings. The lowest BCUT2D eigenvalue weighted by Crippen LogP contribution is -1.91. The first-order valence-corrected chi connectivity index (χ1v) is 7.26. The third-order valence-corrected chi connectivity index (χ3v) is 4.15. The summed E-state index contributed by atoms with van der Waals surface area (Å²) in [5, 5.41) is 11.1. The third kappa shape index (κ3) is 3.72. The summed E-state index contributed by atoms with van der Waals surface area (Å²) in [6.07, 6.45) is -0.504. The summed E-state index contributed by atoms with van der Waals surface area (Å²) in [4.78, 5) is 5.43. The van der Waals surface area contributed by atoms with Gasteiger partial charge in [-0.15, -0.1) is 0 Å². The number of rotatable bonds is 3. The lowest BCUT2D eigenvalue weighted by molar-refractivity contribution is 0.199. The van der Waals surface area contributed by atoms with Crippen LogP contribution >= 0.6 is 23.4 Å². The van der Waals surface area contributed by atoms with Crippen LogP contribution in [0.15, 0.2) is 40.3 Å². The van der Waals surface area contributed by atoms with Crippen LogP contribution in [-0.2, 0) is 0 Å². The van der Waals surface area contributed by atoms with Crippen molar-refractivity contribution in [1.29, 1.82) is 0 Å². The highest BCUT2D eigenvalue weighted by Gasteiger charge is 2.08. The molecule has 2 aromatic rings. The Hall–Kier alpha value is -1.03. The van der Waals surface area contributed by atoms with Crippen LogP contribution in [0.25, 0.3) is 0 Å². The fourth-order valence-electron chi connectivity index (χ4n) is 1.83. The van der Waals surface area contributed by atoms with Crippen molar-refractivity contribution in [3.8, 4) is 0 Å². The summed E-state index contributed by atoms with van der Waals surface area (Å²) in [5.41, 5.74) is 3.01. The number of hydrogen-bond acceptors (Lipinski definition) is 3. The maximum atomic E-state index is 9.52. The van der Waals surface area contributed by atoms with E-state index in [9.17, 15) is 5.11 Å². The molecule has 0 radical (unpaired) electrons. The van der Waals surface area contributed by atoms with Gasteiger partial charge in [-0.1, -0.05) is 29.4 Å². The standard InChI is InChI=1S/C15H16ClNOS/c1-9-6-10(2)17-15(7-9)19-14-5-4-12(11(3)18)8-13(14)16/h4-8,11,18H,1-3H3/t11-/m1/s1. The predicted octanol–water partition coefficient (Wildman–Crippen LogP) is 4.56. The SMILES string of the molecule is Cc1cc(C)nc(Sc2ccc([C@@H](C)O)cc2Cl)c1. The van der Waals surface area contributed by atoms with E-state index in [1.54, 1.807) is 13.0 Å². The van der Waals surface area contributed by atoms with Gasteiger partial charge in [-0.2, -0.15) is 0 Å². The molecular formula is C15H16ClNOS. The number of hydrogen-bond donors (Lipinski definition) is 1. The zero-order valence-corrected chi connectivity index (χ0v) is 12.7. The van der Waals surface area contributed by atoms with E-state index in [1.165, 1.54) is 17.3 Å². The van der Waals surface area contributed by atoms with E-state index >= 15 is 0 Å². The zero-order chi connectivity index (χ0) is 14.0. The van der Waals surface area contributed by atoms with E-state index in [0.29, 0.717) is 5.02 Å². The van der Waals surface area contributed by atoms with Gasteiger partial charge in [0.1, 0.15) is 5.03 Å². The van der Waals surface area contributed by atoms with Crippen molar-refractivity contribution < 1.29 is 5.11 Å². The summed E-state index contributed by atoms with van der Waals surface area (Å²) < 4.78 is 0. The molecule has 1 aromatic carbocycles. The van der Waals surface area contributed by atoms with Crippen molar-refractivity contribution in [3.63, 3.8) is 0 Å². The molecule has 4 heteroatoms.